The Morgan fingerprint density at radius 2 is 1.80 bits per heavy atom. The van der Waals surface area contributed by atoms with Gasteiger partial charge in [0.15, 0.2) is 0 Å². The number of benzene rings is 1. The monoisotopic (exact) mass is 280 g/mol. The van der Waals surface area contributed by atoms with Gasteiger partial charge in [-0.05, 0) is 32.1 Å². The number of piperazine rings is 1. The van der Waals surface area contributed by atoms with Crippen LogP contribution in [0.4, 0.5) is 8.78 Å². The third-order valence-corrected chi connectivity index (χ3v) is 3.26. The average Bonchev–Trinajstić information content (AvgIpc) is 2.36. The average molecular weight is 280 g/mol. The molecule has 1 aromatic carbocycles. The number of amides is 1. The second kappa shape index (κ2) is 6.13. The van der Waals surface area contributed by atoms with Crippen LogP contribution in [0.1, 0.15) is 19.4 Å². The van der Waals surface area contributed by atoms with Gasteiger partial charge in [-0.2, -0.15) is 0 Å². The number of nitrogens with one attached hydrogen (secondary N) is 1. The van der Waals surface area contributed by atoms with Crippen molar-refractivity contribution in [2.45, 2.75) is 25.9 Å². The van der Waals surface area contributed by atoms with Crippen LogP contribution >= 0.6 is 0 Å². The van der Waals surface area contributed by atoms with E-state index in [1.165, 1.54) is 30.4 Å². The van der Waals surface area contributed by atoms with E-state index in [2.05, 4.69) is 5.32 Å². The molecule has 2 atom stereocenters. The molecule has 2 rings (SSSR count). The first-order chi connectivity index (χ1) is 9.47. The van der Waals surface area contributed by atoms with Crippen LogP contribution in [-0.4, -0.2) is 36.0 Å². The van der Waals surface area contributed by atoms with E-state index < -0.39 is 11.6 Å². The van der Waals surface area contributed by atoms with Gasteiger partial charge in [-0.15, -0.1) is 0 Å². The van der Waals surface area contributed by atoms with Gasteiger partial charge in [0.1, 0.15) is 11.6 Å². The van der Waals surface area contributed by atoms with Crippen molar-refractivity contribution in [1.29, 1.82) is 0 Å². The lowest BCUT2D eigenvalue weighted by Gasteiger charge is -2.35. The highest BCUT2D eigenvalue weighted by Crippen LogP contribution is 2.14. The quantitative estimate of drug-likeness (QED) is 0.842. The third kappa shape index (κ3) is 3.42. The van der Waals surface area contributed by atoms with E-state index >= 15 is 0 Å². The fourth-order valence-corrected chi connectivity index (χ4v) is 2.44. The smallest absolute Gasteiger partial charge is 0.246 e. The zero-order chi connectivity index (χ0) is 14.7. The minimum Gasteiger partial charge on any atom is -0.336 e. The molecule has 0 saturated carbocycles. The summed E-state index contributed by atoms with van der Waals surface area (Å²) in [4.78, 5) is 13.7. The number of carbonyl (C=O) groups excluding carboxylic acids is 1. The second-order valence-corrected chi connectivity index (χ2v) is 5.18. The molecular weight excluding hydrogens is 262 g/mol. The summed E-state index contributed by atoms with van der Waals surface area (Å²) < 4.78 is 26.9. The summed E-state index contributed by atoms with van der Waals surface area (Å²) in [6, 6.07) is 4.05. The van der Waals surface area contributed by atoms with Crippen molar-refractivity contribution in [3.05, 3.63) is 41.5 Å². The highest BCUT2D eigenvalue weighted by molar-refractivity contribution is 5.92. The van der Waals surface area contributed by atoms with E-state index in [4.69, 9.17) is 0 Å². The van der Waals surface area contributed by atoms with Crippen molar-refractivity contribution in [3.63, 3.8) is 0 Å². The fourth-order valence-electron chi connectivity index (χ4n) is 2.44. The van der Waals surface area contributed by atoms with Crippen LogP contribution in [0.3, 0.4) is 0 Å². The zero-order valence-electron chi connectivity index (χ0n) is 11.6. The Labute approximate surface area is 117 Å². The molecule has 108 valence electrons. The highest BCUT2D eigenvalue weighted by atomic mass is 19.1. The van der Waals surface area contributed by atoms with Gasteiger partial charge in [0.25, 0.3) is 0 Å². The Bertz CT molecular complexity index is 500. The van der Waals surface area contributed by atoms with Crippen LogP contribution in [0.25, 0.3) is 6.08 Å². The molecule has 1 aliphatic heterocycles. The number of rotatable bonds is 2. The van der Waals surface area contributed by atoms with Crippen molar-refractivity contribution in [2.24, 2.45) is 0 Å². The molecule has 20 heavy (non-hydrogen) atoms. The summed E-state index contributed by atoms with van der Waals surface area (Å²) in [6.07, 6.45) is 2.43. The third-order valence-electron chi connectivity index (χ3n) is 3.26. The number of hydrogen-bond acceptors (Lipinski definition) is 2. The maximum Gasteiger partial charge on any atom is 0.246 e. The van der Waals surface area contributed by atoms with Gasteiger partial charge in [-0.25, -0.2) is 8.78 Å². The predicted molar refractivity (Wildman–Crippen MR) is 74.0 cm³/mol. The van der Waals surface area contributed by atoms with Gasteiger partial charge in [0.2, 0.25) is 5.91 Å². The predicted octanol–water partition coefficient (Wildman–Crippen LogP) is 2.19. The van der Waals surface area contributed by atoms with Gasteiger partial charge in [0.05, 0.1) is 0 Å². The molecule has 0 bridgehead atoms. The Morgan fingerprint density at radius 1 is 1.25 bits per heavy atom. The first-order valence-electron chi connectivity index (χ1n) is 6.64. The first-order valence-corrected chi connectivity index (χ1v) is 6.64. The molecule has 1 aliphatic rings. The number of nitrogens with zero attached hydrogens (tertiary/aromatic N) is 1. The van der Waals surface area contributed by atoms with Crippen LogP contribution in [0, 0.1) is 11.6 Å². The number of hydrogen-bond donors (Lipinski definition) is 1. The lowest BCUT2D eigenvalue weighted by Crippen LogP contribution is -2.55. The van der Waals surface area contributed by atoms with Crippen molar-refractivity contribution in [1.82, 2.24) is 10.2 Å². The summed E-state index contributed by atoms with van der Waals surface area (Å²) in [5.41, 5.74) is -0.183. The molecule has 1 N–H and O–H groups in total. The standard InChI is InChI=1S/C15H18F2N2O/c1-10-8-19(9-11(2)18-10)15(20)7-6-12-13(16)4-3-5-14(12)17/h3-7,10-11,18H,8-9H2,1-2H3/b7-6+. The molecule has 1 amide bonds. The molecule has 1 heterocycles. The van der Waals surface area contributed by atoms with E-state index in [9.17, 15) is 13.6 Å². The number of halogens is 2. The van der Waals surface area contributed by atoms with Crippen molar-refractivity contribution >= 4 is 12.0 Å². The van der Waals surface area contributed by atoms with Gasteiger partial charge in [0, 0.05) is 36.8 Å². The highest BCUT2D eigenvalue weighted by Gasteiger charge is 2.23. The Hall–Kier alpha value is -1.75. The van der Waals surface area contributed by atoms with Crippen LogP contribution in [0.2, 0.25) is 0 Å². The van der Waals surface area contributed by atoms with Crippen molar-refractivity contribution in [3.8, 4) is 0 Å². The molecule has 5 heteroatoms. The van der Waals surface area contributed by atoms with E-state index in [0.29, 0.717) is 13.1 Å². The Balaban J connectivity index is 2.09. The molecule has 1 fully saturated rings. The van der Waals surface area contributed by atoms with Crippen LogP contribution in [0.5, 0.6) is 0 Å². The molecule has 0 aromatic heterocycles. The molecule has 1 saturated heterocycles. The lowest BCUT2D eigenvalue weighted by atomic mass is 10.1. The molecule has 1 aromatic rings. The van der Waals surface area contributed by atoms with Crippen molar-refractivity contribution in [2.75, 3.05) is 13.1 Å². The van der Waals surface area contributed by atoms with E-state index in [0.717, 1.165) is 0 Å². The molecule has 0 radical (unpaired) electrons. The maximum absolute atomic E-state index is 13.4. The summed E-state index contributed by atoms with van der Waals surface area (Å²) in [5.74, 6) is -1.57. The Morgan fingerprint density at radius 3 is 2.35 bits per heavy atom. The van der Waals surface area contributed by atoms with Crippen molar-refractivity contribution < 1.29 is 13.6 Å². The van der Waals surface area contributed by atoms with Crippen LogP contribution in [-0.2, 0) is 4.79 Å². The normalized spacial score (nSPS) is 23.3. The van der Waals surface area contributed by atoms with Gasteiger partial charge in [-0.3, -0.25) is 4.79 Å². The summed E-state index contributed by atoms with van der Waals surface area (Å²) in [6.45, 7) is 5.17. The first kappa shape index (κ1) is 14.7. The molecular formula is C15H18F2N2O. The summed E-state index contributed by atoms with van der Waals surface area (Å²) in [5, 5.41) is 3.32. The maximum atomic E-state index is 13.4. The zero-order valence-corrected chi connectivity index (χ0v) is 11.6. The van der Waals surface area contributed by atoms with Gasteiger partial charge >= 0.3 is 0 Å². The van der Waals surface area contributed by atoms with E-state index in [1.807, 2.05) is 13.8 Å². The summed E-state index contributed by atoms with van der Waals surface area (Å²) >= 11 is 0. The molecule has 0 spiro atoms. The lowest BCUT2D eigenvalue weighted by molar-refractivity contribution is -0.127. The topological polar surface area (TPSA) is 32.3 Å². The van der Waals surface area contributed by atoms with Gasteiger partial charge < -0.3 is 10.2 Å². The van der Waals surface area contributed by atoms with Gasteiger partial charge in [-0.1, -0.05) is 6.07 Å². The number of carbonyl (C=O) groups is 1. The SMILES string of the molecule is CC1CN(C(=O)/C=C/c2c(F)cccc2F)CC(C)N1. The Kier molecular flexibility index (Phi) is 4.49. The fraction of sp³-hybridized carbons (Fsp3) is 0.400. The largest absolute Gasteiger partial charge is 0.336 e. The van der Waals surface area contributed by atoms with Crippen LogP contribution in [0.15, 0.2) is 24.3 Å². The molecule has 3 nitrogen and oxygen atoms in total. The minimum atomic E-state index is -0.670. The molecule has 2 unspecified atom stereocenters. The van der Waals surface area contributed by atoms with E-state index in [-0.39, 0.29) is 23.6 Å². The minimum absolute atomic E-state index is 0.183. The van der Waals surface area contributed by atoms with E-state index in [1.54, 1.807) is 4.90 Å². The van der Waals surface area contributed by atoms with Crippen LogP contribution < -0.4 is 5.32 Å². The second-order valence-electron chi connectivity index (χ2n) is 5.18. The summed E-state index contributed by atoms with van der Waals surface area (Å²) in [7, 11) is 0. The molecule has 0 aliphatic carbocycles.